The summed E-state index contributed by atoms with van der Waals surface area (Å²) in [6.07, 6.45) is 4.87. The van der Waals surface area contributed by atoms with Crippen LogP contribution in [0.2, 0.25) is 0 Å². The number of benzene rings is 2. The van der Waals surface area contributed by atoms with Gasteiger partial charge in [0.2, 0.25) is 0 Å². The molecule has 2 N–H and O–H groups in total. The number of ether oxygens (including phenoxy) is 1. The number of nitrogens with zero attached hydrogens (tertiary/aromatic N) is 2. The average Bonchev–Trinajstić information content (AvgIpc) is 2.84. The molecule has 1 aliphatic carbocycles. The lowest BCUT2D eigenvalue weighted by Gasteiger charge is -2.33. The molecule has 7 heteroatoms. The average molecular weight is 441 g/mol. The number of carbonyl (C=O) groups is 2. The monoisotopic (exact) mass is 440 g/mol. The Morgan fingerprint density at radius 2 is 1.50 bits per heavy atom. The number of morpholine rings is 1. The highest BCUT2D eigenvalue weighted by atomic mass is 16.6. The summed E-state index contributed by atoms with van der Waals surface area (Å²) in [5.41, 5.74) is 3.56. The van der Waals surface area contributed by atoms with Crippen LogP contribution in [0.25, 0.3) is 0 Å². The smallest absolute Gasteiger partial charge is 0.450 e. The molecule has 1 heterocycles. The van der Waals surface area contributed by atoms with Crippen LogP contribution in [0.4, 0.5) is 15.3 Å². The van der Waals surface area contributed by atoms with E-state index in [1.807, 2.05) is 40.1 Å². The van der Waals surface area contributed by atoms with Crippen molar-refractivity contribution in [3.05, 3.63) is 65.7 Å². The zero-order valence-electron chi connectivity index (χ0n) is 18.4. The Bertz CT molecular complexity index is 840. The van der Waals surface area contributed by atoms with E-state index in [-0.39, 0.29) is 6.03 Å². The maximum absolute atomic E-state index is 13.2. The first-order chi connectivity index (χ1) is 15.5. The van der Waals surface area contributed by atoms with Gasteiger partial charge < -0.3 is 19.8 Å². The quantitative estimate of drug-likeness (QED) is 0.663. The normalized spacial score (nSPS) is 16.6. The van der Waals surface area contributed by atoms with Crippen LogP contribution < -0.4 is 4.90 Å². The molecule has 1 saturated heterocycles. The minimum Gasteiger partial charge on any atom is -0.450 e. The number of hydrogen-bond donors (Lipinski definition) is 2. The predicted molar refractivity (Wildman–Crippen MR) is 123 cm³/mol. The van der Waals surface area contributed by atoms with Crippen LogP contribution in [0.1, 0.15) is 49.1 Å². The van der Waals surface area contributed by atoms with Crippen molar-refractivity contribution in [3.8, 4) is 0 Å². The van der Waals surface area contributed by atoms with Gasteiger partial charge in [0.05, 0.1) is 19.8 Å². The van der Waals surface area contributed by atoms with Crippen molar-refractivity contribution < 1.29 is 24.5 Å². The summed E-state index contributed by atoms with van der Waals surface area (Å²) in [5, 5.41) is 13.9. The van der Waals surface area contributed by atoms with Gasteiger partial charge >= 0.3 is 12.2 Å². The molecule has 0 aromatic heterocycles. The fourth-order valence-corrected chi connectivity index (χ4v) is 4.32. The summed E-state index contributed by atoms with van der Waals surface area (Å²) >= 11 is 0. The second kappa shape index (κ2) is 12.1. The summed E-state index contributed by atoms with van der Waals surface area (Å²) in [6.45, 7) is 3.13. The number of hydrogen-bond acceptors (Lipinski definition) is 3. The fraction of sp³-hybridized carbons (Fsp3) is 0.440. The van der Waals surface area contributed by atoms with Gasteiger partial charge in [-0.3, -0.25) is 4.90 Å². The van der Waals surface area contributed by atoms with E-state index in [0.29, 0.717) is 38.8 Å². The van der Waals surface area contributed by atoms with Crippen molar-refractivity contribution in [3.63, 3.8) is 0 Å². The minimum absolute atomic E-state index is 0.0610. The lowest BCUT2D eigenvalue weighted by Crippen LogP contribution is -2.48. The highest BCUT2D eigenvalue weighted by Gasteiger charge is 2.24. The highest BCUT2D eigenvalue weighted by molar-refractivity contribution is 5.92. The van der Waals surface area contributed by atoms with Crippen molar-refractivity contribution in [2.45, 2.75) is 44.6 Å². The van der Waals surface area contributed by atoms with Gasteiger partial charge in [-0.25, -0.2) is 9.59 Å². The number of para-hydroxylation sites is 1. The van der Waals surface area contributed by atoms with Gasteiger partial charge in [0.25, 0.3) is 0 Å². The molecule has 0 atom stereocenters. The summed E-state index contributed by atoms with van der Waals surface area (Å²) in [7, 11) is 0. The first-order valence-corrected chi connectivity index (χ1v) is 11.2. The first-order valence-electron chi connectivity index (χ1n) is 11.2. The van der Waals surface area contributed by atoms with Gasteiger partial charge in [0, 0.05) is 18.8 Å². The molecule has 2 amide bonds. The minimum atomic E-state index is -1.83. The van der Waals surface area contributed by atoms with Crippen LogP contribution in [0, 0.1) is 0 Å². The van der Waals surface area contributed by atoms with Gasteiger partial charge in [-0.15, -0.1) is 0 Å². The number of amides is 2. The van der Waals surface area contributed by atoms with Gasteiger partial charge in [-0.05, 0) is 42.0 Å². The van der Waals surface area contributed by atoms with Crippen molar-refractivity contribution in [2.75, 3.05) is 31.2 Å². The molecule has 0 unspecified atom stereocenters. The maximum atomic E-state index is 13.2. The van der Waals surface area contributed by atoms with Crippen molar-refractivity contribution in [1.82, 2.24) is 4.90 Å². The van der Waals surface area contributed by atoms with Crippen LogP contribution in [0.15, 0.2) is 54.6 Å². The number of carbonyl (C=O) groups excluding carboxylic acids is 1. The largest absolute Gasteiger partial charge is 0.503 e. The molecule has 1 aliphatic heterocycles. The molecule has 4 rings (SSSR count). The second-order valence-corrected chi connectivity index (χ2v) is 8.16. The van der Waals surface area contributed by atoms with Crippen molar-refractivity contribution >= 4 is 17.9 Å². The molecular formula is C25H32N2O5. The zero-order valence-corrected chi connectivity index (χ0v) is 18.4. The number of anilines is 1. The van der Waals surface area contributed by atoms with Crippen LogP contribution in [-0.4, -0.2) is 53.6 Å². The number of rotatable bonds is 4. The molecule has 2 aromatic rings. The predicted octanol–water partition coefficient (Wildman–Crippen LogP) is 5.42. The van der Waals surface area contributed by atoms with Crippen LogP contribution in [-0.2, 0) is 11.3 Å². The first kappa shape index (κ1) is 23.6. The topological polar surface area (TPSA) is 90.3 Å². The van der Waals surface area contributed by atoms with Crippen LogP contribution in [0.3, 0.4) is 0 Å². The van der Waals surface area contributed by atoms with E-state index in [9.17, 15) is 4.79 Å². The number of carboxylic acid groups (broad SMARTS) is 2. The number of urea groups is 1. The van der Waals surface area contributed by atoms with Crippen LogP contribution in [0.5, 0.6) is 0 Å². The van der Waals surface area contributed by atoms with Gasteiger partial charge in [-0.2, -0.15) is 0 Å². The third-order valence-electron chi connectivity index (χ3n) is 5.98. The van der Waals surface area contributed by atoms with E-state index in [0.717, 1.165) is 5.69 Å². The van der Waals surface area contributed by atoms with E-state index >= 15 is 0 Å². The zero-order chi connectivity index (χ0) is 22.8. The van der Waals surface area contributed by atoms with E-state index in [1.165, 1.54) is 43.2 Å². The standard InChI is InChI=1S/C24H30N2O2.CH2O3/c27-24(25-15-17-28-18-16-25)26(23-9-5-2-6-10-23)19-20-11-13-22(14-12-20)21-7-3-1-4-8-21;2-1(3)4/h2,5-6,9-14,21H,1,3-4,7-8,15-19H2;(H2,2,3,4). The van der Waals surface area contributed by atoms with Crippen LogP contribution >= 0.6 is 0 Å². The fourth-order valence-electron chi connectivity index (χ4n) is 4.32. The third-order valence-corrected chi connectivity index (χ3v) is 5.98. The Labute approximate surface area is 189 Å². The molecule has 0 bridgehead atoms. The van der Waals surface area contributed by atoms with Gasteiger partial charge in [0.1, 0.15) is 0 Å². The molecule has 2 aromatic carbocycles. The molecule has 0 radical (unpaired) electrons. The van der Waals surface area contributed by atoms with E-state index in [2.05, 4.69) is 24.3 Å². The van der Waals surface area contributed by atoms with E-state index in [4.69, 9.17) is 19.7 Å². The molecule has 32 heavy (non-hydrogen) atoms. The molecule has 2 fully saturated rings. The lowest BCUT2D eigenvalue weighted by molar-refractivity contribution is 0.0548. The molecule has 0 spiro atoms. The third kappa shape index (κ3) is 6.99. The Morgan fingerprint density at radius 3 is 2.09 bits per heavy atom. The SMILES string of the molecule is O=C(N1CCOCC1)N(Cc1ccc(C2CCCCC2)cc1)c1ccccc1.O=C(O)O. The highest BCUT2D eigenvalue weighted by Crippen LogP contribution is 2.32. The summed E-state index contributed by atoms with van der Waals surface area (Å²) in [5.74, 6) is 0.711. The molecule has 1 saturated carbocycles. The summed E-state index contributed by atoms with van der Waals surface area (Å²) in [6, 6.07) is 19.0. The molecule has 2 aliphatic rings. The molecule has 172 valence electrons. The van der Waals surface area contributed by atoms with E-state index < -0.39 is 6.16 Å². The molecular weight excluding hydrogens is 408 g/mol. The summed E-state index contributed by atoms with van der Waals surface area (Å²) in [4.78, 5) is 25.6. The Balaban J connectivity index is 0.000000668. The van der Waals surface area contributed by atoms with E-state index in [1.54, 1.807) is 0 Å². The van der Waals surface area contributed by atoms with Crippen molar-refractivity contribution in [2.24, 2.45) is 0 Å². The summed E-state index contributed by atoms with van der Waals surface area (Å²) < 4.78 is 5.41. The van der Waals surface area contributed by atoms with Gasteiger partial charge in [0.15, 0.2) is 0 Å². The van der Waals surface area contributed by atoms with Crippen molar-refractivity contribution in [1.29, 1.82) is 0 Å². The van der Waals surface area contributed by atoms with Gasteiger partial charge in [-0.1, -0.05) is 61.7 Å². The maximum Gasteiger partial charge on any atom is 0.503 e. The second-order valence-electron chi connectivity index (χ2n) is 8.16. The Morgan fingerprint density at radius 1 is 0.906 bits per heavy atom. The Kier molecular flexibility index (Phi) is 8.92. The lowest BCUT2D eigenvalue weighted by atomic mass is 9.84. The molecule has 7 nitrogen and oxygen atoms in total. The Hall–Kier alpha value is -3.06.